The highest BCUT2D eigenvalue weighted by Crippen LogP contribution is 2.37. The van der Waals surface area contributed by atoms with Gasteiger partial charge >= 0.3 is 0 Å². The van der Waals surface area contributed by atoms with Gasteiger partial charge in [0.05, 0.1) is 34.3 Å². The Balaban J connectivity index is 0.000000189. The SMILES string of the molecule is Cc1cc(/C=C/C#N)cc(C)c1-c1cccc2c(N)nc(Cl)nc12.Cc1cc(C#N)cnc1N.Cc1cc(C#N)cnc1Nc1nc(N)c2cccc(-c3c(C)cc(/C=C/C#N)cc3C)c2n1. The van der Waals surface area contributed by atoms with E-state index < -0.39 is 0 Å². The minimum Gasteiger partial charge on any atom is -0.383 e. The minimum atomic E-state index is 0.135. The number of allylic oxidation sites excluding steroid dienone is 2. The number of aryl methyl sites for hydroxylation is 6. The van der Waals surface area contributed by atoms with Crippen LogP contribution in [0.1, 0.15) is 55.6 Å². The van der Waals surface area contributed by atoms with E-state index in [-0.39, 0.29) is 5.28 Å². The molecule has 8 rings (SSSR count). The maximum absolute atomic E-state index is 9.07. The summed E-state index contributed by atoms with van der Waals surface area (Å²) in [6, 6.07) is 31.4. The summed E-state index contributed by atoms with van der Waals surface area (Å²) >= 11 is 6.00. The predicted octanol–water partition coefficient (Wildman–Crippen LogP) is 10.9. The van der Waals surface area contributed by atoms with Crippen LogP contribution in [0, 0.1) is 86.9 Å². The molecule has 14 nitrogen and oxygen atoms in total. The molecule has 0 saturated carbocycles. The Hall–Kier alpha value is -9.21. The Morgan fingerprint density at radius 3 is 1.46 bits per heavy atom. The summed E-state index contributed by atoms with van der Waals surface area (Å²) in [5, 5.41) is 39.8. The fraction of sp³-hybridized carbons (Fsp3) is 0.115. The van der Waals surface area contributed by atoms with Crippen LogP contribution in [-0.2, 0) is 0 Å². The molecule has 0 fully saturated rings. The molecule has 0 aliphatic rings. The van der Waals surface area contributed by atoms with Gasteiger partial charge in [0.1, 0.15) is 35.4 Å². The lowest BCUT2D eigenvalue weighted by atomic mass is 9.92. The average molecular weight is 899 g/mol. The molecule has 328 valence electrons. The van der Waals surface area contributed by atoms with Gasteiger partial charge in [0.15, 0.2) is 0 Å². The molecule has 7 N–H and O–H groups in total. The molecule has 0 aliphatic carbocycles. The highest BCUT2D eigenvalue weighted by atomic mass is 35.5. The van der Waals surface area contributed by atoms with E-state index in [9.17, 15) is 0 Å². The number of nitrogens with one attached hydrogen (secondary N) is 1. The van der Waals surface area contributed by atoms with Crippen LogP contribution in [0.25, 0.3) is 56.2 Å². The van der Waals surface area contributed by atoms with E-state index in [1.807, 2.05) is 120 Å². The van der Waals surface area contributed by atoms with Crippen molar-refractivity contribution in [1.29, 1.82) is 21.0 Å². The van der Waals surface area contributed by atoms with Gasteiger partial charge in [-0.05, 0) is 145 Å². The van der Waals surface area contributed by atoms with E-state index in [0.717, 1.165) is 88.6 Å². The summed E-state index contributed by atoms with van der Waals surface area (Å²) in [5.74, 6) is 2.11. The van der Waals surface area contributed by atoms with Gasteiger partial charge in [0, 0.05) is 46.4 Å². The van der Waals surface area contributed by atoms with Crippen LogP contribution >= 0.6 is 11.6 Å². The maximum Gasteiger partial charge on any atom is 0.230 e. The van der Waals surface area contributed by atoms with Gasteiger partial charge in [-0.2, -0.15) is 26.0 Å². The lowest BCUT2D eigenvalue weighted by molar-refractivity contribution is 1.17. The van der Waals surface area contributed by atoms with Crippen LogP contribution in [0.2, 0.25) is 5.28 Å². The standard InChI is InChI=1S/C26H21N7.C19H15ClN4.C7H7N3/c1-15-10-18(6-5-9-27)11-16(2)22(15)20-7-4-8-21-23(20)31-26(32-24(21)29)33-25-17(3)12-19(13-28)14-30-25;1-11-9-13(5-4-8-21)10-12(2)16(11)14-6-3-7-15-17(14)23-19(20)24-18(15)22;1-5-2-6(3-8)4-10-7(5)9/h4-8,10-12,14H,1-3H3,(H3,29,30,31,32,33);3-7,9-10H,1-2H3,(H2,22,23,24);2,4H,1H3,(H2,9,10)/b6-5+;5-4+;. The number of anilines is 5. The second kappa shape index (κ2) is 21.0. The summed E-state index contributed by atoms with van der Waals surface area (Å²) < 4.78 is 0. The number of hydrogen-bond acceptors (Lipinski definition) is 14. The summed E-state index contributed by atoms with van der Waals surface area (Å²) in [5.41, 5.74) is 32.2. The van der Waals surface area contributed by atoms with Crippen LogP contribution in [0.3, 0.4) is 0 Å². The van der Waals surface area contributed by atoms with Gasteiger partial charge in [0.2, 0.25) is 11.2 Å². The van der Waals surface area contributed by atoms with Gasteiger partial charge in [-0.15, -0.1) is 0 Å². The number of para-hydroxylation sites is 2. The second-order valence-electron chi connectivity index (χ2n) is 15.4. The van der Waals surface area contributed by atoms with Gasteiger partial charge in [-0.25, -0.2) is 24.9 Å². The zero-order chi connectivity index (χ0) is 48.4. The van der Waals surface area contributed by atoms with Crippen LogP contribution in [-0.4, -0.2) is 29.9 Å². The van der Waals surface area contributed by atoms with Gasteiger partial charge in [-0.1, -0.05) is 48.5 Å². The van der Waals surface area contributed by atoms with Crippen molar-refractivity contribution >= 4 is 74.8 Å². The van der Waals surface area contributed by atoms with Crippen LogP contribution in [0.15, 0.2) is 97.3 Å². The monoisotopic (exact) mass is 898 g/mol. The first-order valence-corrected chi connectivity index (χ1v) is 20.9. The van der Waals surface area contributed by atoms with Gasteiger partial charge in [-0.3, -0.25) is 0 Å². The molecular formula is C52H43ClN14. The number of fused-ring (bicyclic) bond motifs is 2. The van der Waals surface area contributed by atoms with Crippen LogP contribution < -0.4 is 22.5 Å². The quantitative estimate of drug-likeness (QED) is 0.0893. The molecule has 0 bridgehead atoms. The Kier molecular flexibility index (Phi) is 14.8. The Labute approximate surface area is 393 Å². The molecule has 0 radical (unpaired) electrons. The number of aromatic nitrogens is 6. The molecule has 4 heterocycles. The van der Waals surface area contributed by atoms with Crippen molar-refractivity contribution in [3.63, 3.8) is 0 Å². The summed E-state index contributed by atoms with van der Waals surface area (Å²) in [7, 11) is 0. The van der Waals surface area contributed by atoms with Crippen molar-refractivity contribution in [2.24, 2.45) is 0 Å². The molecule has 8 aromatic rings. The third-order valence-corrected chi connectivity index (χ3v) is 10.7. The zero-order valence-corrected chi connectivity index (χ0v) is 38.2. The zero-order valence-electron chi connectivity index (χ0n) is 37.5. The Morgan fingerprint density at radius 1 is 0.537 bits per heavy atom. The lowest BCUT2D eigenvalue weighted by Crippen LogP contribution is -2.05. The predicted molar refractivity (Wildman–Crippen MR) is 267 cm³/mol. The molecular weight excluding hydrogens is 856 g/mol. The molecule has 67 heavy (non-hydrogen) atoms. The maximum atomic E-state index is 9.07. The first kappa shape index (κ1) is 47.3. The number of nitriles is 4. The number of pyridine rings is 2. The average Bonchev–Trinajstić information content (AvgIpc) is 3.29. The van der Waals surface area contributed by atoms with Gasteiger partial charge in [0.25, 0.3) is 0 Å². The van der Waals surface area contributed by atoms with E-state index in [1.54, 1.807) is 24.3 Å². The van der Waals surface area contributed by atoms with Crippen molar-refractivity contribution in [2.75, 3.05) is 22.5 Å². The van der Waals surface area contributed by atoms with E-state index in [1.165, 1.54) is 24.5 Å². The van der Waals surface area contributed by atoms with E-state index in [0.29, 0.717) is 40.3 Å². The number of hydrogen-bond donors (Lipinski definition) is 4. The molecule has 0 spiro atoms. The summed E-state index contributed by atoms with van der Waals surface area (Å²) in [4.78, 5) is 25.7. The van der Waals surface area contributed by atoms with Crippen molar-refractivity contribution in [3.05, 3.63) is 158 Å². The third kappa shape index (κ3) is 10.9. The van der Waals surface area contributed by atoms with Crippen molar-refractivity contribution in [2.45, 2.75) is 41.5 Å². The fourth-order valence-corrected chi connectivity index (χ4v) is 7.78. The topological polar surface area (TPSA) is 263 Å². The van der Waals surface area contributed by atoms with Crippen molar-refractivity contribution in [3.8, 4) is 46.5 Å². The Morgan fingerprint density at radius 2 is 1.00 bits per heavy atom. The molecule has 4 aromatic carbocycles. The van der Waals surface area contributed by atoms with Crippen LogP contribution in [0.4, 0.5) is 29.2 Å². The first-order valence-electron chi connectivity index (χ1n) is 20.6. The van der Waals surface area contributed by atoms with E-state index in [4.69, 9.17) is 54.8 Å². The minimum absolute atomic E-state index is 0.135. The first-order chi connectivity index (χ1) is 32.1. The van der Waals surface area contributed by atoms with Crippen molar-refractivity contribution < 1.29 is 0 Å². The fourth-order valence-electron chi connectivity index (χ4n) is 7.61. The number of nitrogens with two attached hydrogens (primary N) is 3. The largest absolute Gasteiger partial charge is 0.383 e. The second-order valence-corrected chi connectivity index (χ2v) is 15.7. The van der Waals surface area contributed by atoms with Gasteiger partial charge < -0.3 is 22.5 Å². The van der Waals surface area contributed by atoms with Crippen molar-refractivity contribution in [1.82, 2.24) is 29.9 Å². The molecule has 0 saturated heterocycles. The number of halogens is 1. The van der Waals surface area contributed by atoms with E-state index >= 15 is 0 Å². The number of rotatable bonds is 6. The number of benzene rings is 4. The molecule has 0 atom stereocenters. The normalized spacial score (nSPS) is 10.6. The smallest absolute Gasteiger partial charge is 0.230 e. The summed E-state index contributed by atoms with van der Waals surface area (Å²) in [6.07, 6.45) is 9.49. The highest BCUT2D eigenvalue weighted by Gasteiger charge is 2.17. The Bertz CT molecular complexity index is 3410. The molecule has 0 amide bonds. The lowest BCUT2D eigenvalue weighted by Gasteiger charge is -2.15. The van der Waals surface area contributed by atoms with E-state index in [2.05, 4.69) is 36.3 Å². The third-order valence-electron chi connectivity index (χ3n) is 10.5. The number of nitrogen functional groups attached to an aromatic ring is 3. The molecule has 0 unspecified atom stereocenters. The molecule has 0 aliphatic heterocycles. The summed E-state index contributed by atoms with van der Waals surface area (Å²) in [6.45, 7) is 11.8. The molecule has 15 heteroatoms. The highest BCUT2D eigenvalue weighted by molar-refractivity contribution is 6.29. The van der Waals surface area contributed by atoms with Crippen LogP contribution in [0.5, 0.6) is 0 Å². The number of nitrogens with zero attached hydrogens (tertiary/aromatic N) is 10. The molecule has 4 aromatic heterocycles.